The van der Waals surface area contributed by atoms with Crippen LogP contribution in [0.15, 0.2) is 24.3 Å². The van der Waals surface area contributed by atoms with Crippen molar-refractivity contribution in [3.05, 3.63) is 39.9 Å². The van der Waals surface area contributed by atoms with Crippen LogP contribution < -0.4 is 16.1 Å². The molecule has 3 atom stereocenters. The van der Waals surface area contributed by atoms with Crippen LogP contribution in [0.4, 0.5) is 10.5 Å². The van der Waals surface area contributed by atoms with Crippen molar-refractivity contribution < 1.29 is 14.5 Å². The zero-order valence-electron chi connectivity index (χ0n) is 15.7. The van der Waals surface area contributed by atoms with E-state index in [0.717, 1.165) is 24.3 Å². The molecule has 28 heavy (non-hydrogen) atoms. The fourth-order valence-corrected chi connectivity index (χ4v) is 3.93. The number of nitrogens with zero attached hydrogens (tertiary/aromatic N) is 2. The minimum atomic E-state index is -1.34. The number of imide groups is 1. The van der Waals surface area contributed by atoms with E-state index in [0.29, 0.717) is 11.5 Å². The van der Waals surface area contributed by atoms with Crippen molar-refractivity contribution in [1.82, 2.24) is 21.1 Å². The van der Waals surface area contributed by atoms with Gasteiger partial charge in [-0.25, -0.2) is 4.79 Å². The zero-order chi connectivity index (χ0) is 20.5. The summed E-state index contributed by atoms with van der Waals surface area (Å²) in [4.78, 5) is 35.6. The smallest absolute Gasteiger partial charge is 0.344 e. The molecule has 1 heterocycles. The number of nitro groups is 1. The number of thiocarbonyl (C=S) groups is 1. The Morgan fingerprint density at radius 3 is 2.54 bits per heavy atom. The number of hydrogen-bond acceptors (Lipinski definition) is 5. The Hall–Kier alpha value is -2.75. The van der Waals surface area contributed by atoms with Gasteiger partial charge in [0, 0.05) is 18.2 Å². The lowest BCUT2D eigenvalue weighted by Gasteiger charge is -2.31. The van der Waals surface area contributed by atoms with Gasteiger partial charge in [0.05, 0.1) is 4.92 Å². The second-order valence-electron chi connectivity index (χ2n) is 7.45. The maximum atomic E-state index is 12.9. The third-order valence-corrected chi connectivity index (χ3v) is 5.70. The second kappa shape index (κ2) is 7.70. The molecule has 0 radical (unpaired) electrons. The van der Waals surface area contributed by atoms with Gasteiger partial charge >= 0.3 is 6.03 Å². The highest BCUT2D eigenvalue weighted by Gasteiger charge is 2.50. The van der Waals surface area contributed by atoms with Crippen molar-refractivity contribution >= 4 is 35.0 Å². The van der Waals surface area contributed by atoms with Crippen LogP contribution >= 0.6 is 12.2 Å². The molecule has 2 fully saturated rings. The van der Waals surface area contributed by atoms with Crippen LogP contribution in [0.2, 0.25) is 0 Å². The first-order chi connectivity index (χ1) is 13.2. The van der Waals surface area contributed by atoms with Crippen molar-refractivity contribution in [2.24, 2.45) is 5.92 Å². The third kappa shape index (κ3) is 3.77. The normalized spacial score (nSPS) is 27.3. The van der Waals surface area contributed by atoms with Crippen molar-refractivity contribution in [3.8, 4) is 0 Å². The number of hydrogen-bond donors (Lipinski definition) is 3. The summed E-state index contributed by atoms with van der Waals surface area (Å²) in [6.07, 6.45) is 4.41. The molecule has 1 aromatic rings. The van der Waals surface area contributed by atoms with Crippen molar-refractivity contribution in [1.29, 1.82) is 0 Å². The Bertz CT molecular complexity index is 815. The van der Waals surface area contributed by atoms with E-state index in [1.165, 1.54) is 30.7 Å². The monoisotopic (exact) mass is 405 g/mol. The Labute approximate surface area is 168 Å². The van der Waals surface area contributed by atoms with Gasteiger partial charge in [0.15, 0.2) is 5.11 Å². The van der Waals surface area contributed by atoms with E-state index in [1.54, 1.807) is 6.92 Å². The van der Waals surface area contributed by atoms with E-state index < -0.39 is 22.4 Å². The molecule has 3 rings (SSSR count). The van der Waals surface area contributed by atoms with Crippen LogP contribution in [0.3, 0.4) is 0 Å². The van der Waals surface area contributed by atoms with E-state index in [2.05, 4.69) is 23.0 Å². The molecule has 3 amide bonds. The van der Waals surface area contributed by atoms with Gasteiger partial charge in [-0.1, -0.05) is 19.8 Å². The van der Waals surface area contributed by atoms with Gasteiger partial charge < -0.3 is 10.6 Å². The van der Waals surface area contributed by atoms with Crippen molar-refractivity contribution in [2.45, 2.75) is 51.1 Å². The van der Waals surface area contributed by atoms with Gasteiger partial charge in [-0.2, -0.15) is 5.01 Å². The molecule has 1 aliphatic carbocycles. The highest BCUT2D eigenvalue weighted by Crippen LogP contribution is 2.29. The van der Waals surface area contributed by atoms with Crippen LogP contribution in [0, 0.1) is 16.0 Å². The molecule has 1 saturated heterocycles. The van der Waals surface area contributed by atoms with Gasteiger partial charge in [-0.05, 0) is 55.6 Å². The van der Waals surface area contributed by atoms with Crippen LogP contribution in [-0.4, -0.2) is 33.0 Å². The largest absolute Gasteiger partial charge is 0.358 e. The van der Waals surface area contributed by atoms with E-state index in [-0.39, 0.29) is 16.8 Å². The number of carbonyl (C=O) groups excluding carboxylic acids is 2. The van der Waals surface area contributed by atoms with E-state index in [1.807, 2.05) is 0 Å². The fraction of sp³-hybridized carbons (Fsp3) is 0.500. The Morgan fingerprint density at radius 2 is 1.93 bits per heavy atom. The molecule has 2 aliphatic rings. The average Bonchev–Trinajstić information content (AvgIpc) is 2.88. The first-order valence-electron chi connectivity index (χ1n) is 9.21. The minimum Gasteiger partial charge on any atom is -0.358 e. The predicted molar refractivity (Wildman–Crippen MR) is 106 cm³/mol. The Morgan fingerprint density at radius 1 is 1.29 bits per heavy atom. The average molecular weight is 405 g/mol. The standard InChI is InChI=1S/C18H23N5O4S/c1-11-5-3-4-6-14(11)19-16(28)21-22-15(24)18(2,20-17(22)25)12-7-9-13(10-8-12)23(26)27/h7-11,14H,3-6H2,1-2H3,(H,20,25)(H2,19,21,28)/t11-,14+,18+/m0/s1. The number of urea groups is 1. The second-order valence-corrected chi connectivity index (χ2v) is 7.86. The van der Waals surface area contributed by atoms with Gasteiger partial charge in [-0.15, -0.1) is 0 Å². The lowest BCUT2D eigenvalue weighted by molar-refractivity contribution is -0.384. The number of nitro benzene ring substituents is 1. The molecule has 3 N–H and O–H groups in total. The van der Waals surface area contributed by atoms with Gasteiger partial charge in [0.25, 0.3) is 11.6 Å². The van der Waals surface area contributed by atoms with E-state index in [4.69, 9.17) is 12.2 Å². The lowest BCUT2D eigenvalue weighted by Crippen LogP contribution is -2.54. The molecule has 1 aromatic carbocycles. The van der Waals surface area contributed by atoms with Gasteiger partial charge in [-0.3, -0.25) is 20.3 Å². The summed E-state index contributed by atoms with van der Waals surface area (Å²) >= 11 is 5.30. The molecular weight excluding hydrogens is 382 g/mol. The maximum absolute atomic E-state index is 12.9. The molecule has 0 aromatic heterocycles. The first-order valence-corrected chi connectivity index (χ1v) is 9.62. The van der Waals surface area contributed by atoms with Crippen LogP contribution in [-0.2, 0) is 10.3 Å². The summed E-state index contributed by atoms with van der Waals surface area (Å²) in [6.45, 7) is 3.70. The molecule has 0 bridgehead atoms. The quantitative estimate of drug-likeness (QED) is 0.305. The number of amides is 3. The molecular formula is C18H23N5O4S. The van der Waals surface area contributed by atoms with Gasteiger partial charge in [0.2, 0.25) is 0 Å². The molecule has 0 spiro atoms. The number of nitrogens with one attached hydrogen (secondary N) is 3. The molecule has 9 nitrogen and oxygen atoms in total. The predicted octanol–water partition coefficient (Wildman–Crippen LogP) is 2.32. The SMILES string of the molecule is C[C@H]1CCCC[C@H]1NC(=S)NN1C(=O)N[C@](C)(c2ccc([N+](=O)[O-])cc2)C1=O. The van der Waals surface area contributed by atoms with Crippen molar-refractivity contribution in [3.63, 3.8) is 0 Å². The molecule has 0 unspecified atom stereocenters. The molecule has 150 valence electrons. The number of carbonyl (C=O) groups is 2. The van der Waals surface area contributed by atoms with Gasteiger partial charge in [0.1, 0.15) is 5.54 Å². The highest BCUT2D eigenvalue weighted by molar-refractivity contribution is 7.80. The molecule has 1 saturated carbocycles. The van der Waals surface area contributed by atoms with Crippen LogP contribution in [0.1, 0.15) is 45.1 Å². The number of benzene rings is 1. The summed E-state index contributed by atoms with van der Waals surface area (Å²) in [5.74, 6) is -0.0748. The van der Waals surface area contributed by atoms with E-state index in [9.17, 15) is 19.7 Å². The van der Waals surface area contributed by atoms with Crippen molar-refractivity contribution in [2.75, 3.05) is 0 Å². The summed E-state index contributed by atoms with van der Waals surface area (Å²) < 4.78 is 0. The summed E-state index contributed by atoms with van der Waals surface area (Å²) in [7, 11) is 0. The first kappa shape index (κ1) is 20.0. The third-order valence-electron chi connectivity index (χ3n) is 5.49. The summed E-state index contributed by atoms with van der Waals surface area (Å²) in [6, 6.07) is 5.09. The fourth-order valence-electron chi connectivity index (χ4n) is 3.69. The Kier molecular flexibility index (Phi) is 5.50. The number of hydrazine groups is 1. The summed E-state index contributed by atoms with van der Waals surface area (Å²) in [5.41, 5.74) is 1.70. The zero-order valence-corrected chi connectivity index (χ0v) is 16.5. The van der Waals surface area contributed by atoms with E-state index >= 15 is 0 Å². The molecule has 10 heteroatoms. The Balaban J connectivity index is 1.70. The molecule has 1 aliphatic heterocycles. The number of non-ortho nitro benzene ring substituents is 1. The minimum absolute atomic E-state index is 0.0916. The highest BCUT2D eigenvalue weighted by atomic mass is 32.1. The summed E-state index contributed by atoms with van der Waals surface area (Å²) in [5, 5.41) is 17.7. The van der Waals surface area contributed by atoms with Crippen LogP contribution in [0.5, 0.6) is 0 Å². The topological polar surface area (TPSA) is 117 Å². The maximum Gasteiger partial charge on any atom is 0.344 e. The lowest BCUT2D eigenvalue weighted by atomic mass is 9.86. The van der Waals surface area contributed by atoms with Crippen LogP contribution in [0.25, 0.3) is 0 Å². The number of rotatable bonds is 4.